The van der Waals surface area contributed by atoms with Crippen LogP contribution in [0.25, 0.3) is 0 Å². The Morgan fingerprint density at radius 3 is 2.50 bits per heavy atom. The van der Waals surface area contributed by atoms with Gasteiger partial charge in [-0.3, -0.25) is 4.98 Å². The molecule has 0 saturated carbocycles. The number of rotatable bonds is 6. The summed E-state index contributed by atoms with van der Waals surface area (Å²) in [6.45, 7) is 3.73. The highest BCUT2D eigenvalue weighted by atomic mass is 32.2. The summed E-state index contributed by atoms with van der Waals surface area (Å²) in [7, 11) is -3.55. The highest BCUT2D eigenvalue weighted by Crippen LogP contribution is 2.22. The Hall–Kier alpha value is -3.20. The van der Waals surface area contributed by atoms with E-state index in [0.717, 1.165) is 5.56 Å². The van der Waals surface area contributed by atoms with E-state index < -0.39 is 15.9 Å². The van der Waals surface area contributed by atoms with Gasteiger partial charge in [0.1, 0.15) is 5.76 Å². The maximum atomic E-state index is 12.6. The van der Waals surface area contributed by atoms with Crippen molar-refractivity contribution >= 4 is 21.6 Å². The van der Waals surface area contributed by atoms with Gasteiger partial charge in [0.05, 0.1) is 16.3 Å². The molecular weight excluding hydrogens is 380 g/mol. The Bertz CT molecular complexity index is 1040. The number of pyridine rings is 1. The van der Waals surface area contributed by atoms with Gasteiger partial charge in [0.25, 0.3) is 0 Å². The van der Waals surface area contributed by atoms with Gasteiger partial charge < -0.3 is 15.2 Å². The van der Waals surface area contributed by atoms with Gasteiger partial charge in [-0.25, -0.2) is 13.2 Å². The molecule has 0 aliphatic rings. The summed E-state index contributed by atoms with van der Waals surface area (Å²) in [4.78, 5) is 16.1. The van der Waals surface area contributed by atoms with Gasteiger partial charge in [0, 0.05) is 30.2 Å². The molecule has 0 saturated heterocycles. The summed E-state index contributed by atoms with van der Waals surface area (Å²) in [5.41, 5.74) is 2.49. The van der Waals surface area contributed by atoms with Gasteiger partial charge in [-0.1, -0.05) is 11.2 Å². The molecule has 3 aromatic rings. The third-order valence-electron chi connectivity index (χ3n) is 4.16. The summed E-state index contributed by atoms with van der Waals surface area (Å²) < 4.78 is 30.3. The van der Waals surface area contributed by atoms with Crippen LogP contribution in [0.3, 0.4) is 0 Å². The van der Waals surface area contributed by atoms with E-state index in [1.165, 1.54) is 12.1 Å². The molecule has 0 fully saturated rings. The molecule has 9 heteroatoms. The van der Waals surface area contributed by atoms with Gasteiger partial charge >= 0.3 is 6.03 Å². The second-order valence-corrected chi connectivity index (χ2v) is 8.24. The van der Waals surface area contributed by atoms with Crippen LogP contribution >= 0.6 is 0 Å². The van der Waals surface area contributed by atoms with Crippen molar-refractivity contribution in [3.05, 3.63) is 71.4 Å². The number of carbonyl (C=O) groups excluding carboxylic acids is 1. The lowest BCUT2D eigenvalue weighted by Gasteiger charge is -2.09. The number of aryl methyl sites for hydroxylation is 2. The second kappa shape index (κ2) is 8.22. The van der Waals surface area contributed by atoms with E-state index in [9.17, 15) is 13.2 Å². The highest BCUT2D eigenvalue weighted by Gasteiger charge is 2.20. The predicted octanol–water partition coefficient (Wildman–Crippen LogP) is 2.98. The minimum atomic E-state index is -3.55. The predicted molar refractivity (Wildman–Crippen MR) is 103 cm³/mol. The molecule has 146 valence electrons. The third-order valence-corrected chi connectivity index (χ3v) is 5.82. The molecule has 3 rings (SSSR count). The Kier molecular flexibility index (Phi) is 5.74. The molecule has 2 amide bonds. The lowest BCUT2D eigenvalue weighted by Crippen LogP contribution is -2.28. The number of hydrogen-bond donors (Lipinski definition) is 2. The zero-order chi connectivity index (χ0) is 20.1. The van der Waals surface area contributed by atoms with E-state index in [2.05, 4.69) is 20.8 Å². The SMILES string of the molecule is Cc1noc(C)c1CS(=O)(=O)c1ccc(NC(=O)NCc2cccnc2)cc1. The molecule has 0 aliphatic heterocycles. The largest absolute Gasteiger partial charge is 0.361 e. The molecule has 0 spiro atoms. The number of hydrogen-bond acceptors (Lipinski definition) is 6. The van der Waals surface area contributed by atoms with Crippen LogP contribution in [0.5, 0.6) is 0 Å². The average Bonchev–Trinajstić information content (AvgIpc) is 2.99. The van der Waals surface area contributed by atoms with E-state index in [1.807, 2.05) is 6.07 Å². The second-order valence-electron chi connectivity index (χ2n) is 6.26. The fourth-order valence-electron chi connectivity index (χ4n) is 2.59. The summed E-state index contributed by atoms with van der Waals surface area (Å²) in [6.07, 6.45) is 3.32. The first-order chi connectivity index (χ1) is 13.3. The lowest BCUT2D eigenvalue weighted by atomic mass is 10.2. The van der Waals surface area contributed by atoms with Gasteiger partial charge in [-0.15, -0.1) is 0 Å². The van der Waals surface area contributed by atoms with Crippen LogP contribution in [-0.4, -0.2) is 24.6 Å². The summed E-state index contributed by atoms with van der Waals surface area (Å²) >= 11 is 0. The number of anilines is 1. The van der Waals surface area contributed by atoms with Crippen molar-refractivity contribution in [2.24, 2.45) is 0 Å². The molecule has 0 bridgehead atoms. The molecule has 8 nitrogen and oxygen atoms in total. The summed E-state index contributed by atoms with van der Waals surface area (Å²) in [5.74, 6) is 0.302. The first kappa shape index (κ1) is 19.6. The topological polar surface area (TPSA) is 114 Å². The molecule has 2 N–H and O–H groups in total. The molecule has 0 radical (unpaired) electrons. The van der Waals surface area contributed by atoms with Crippen LogP contribution in [0.2, 0.25) is 0 Å². The minimum absolute atomic E-state index is 0.161. The van der Waals surface area contributed by atoms with Crippen molar-refractivity contribution in [1.29, 1.82) is 0 Å². The maximum absolute atomic E-state index is 12.6. The van der Waals surface area contributed by atoms with Crippen molar-refractivity contribution in [2.75, 3.05) is 5.32 Å². The normalized spacial score (nSPS) is 11.2. The smallest absolute Gasteiger partial charge is 0.319 e. The van der Waals surface area contributed by atoms with Crippen molar-refractivity contribution in [3.8, 4) is 0 Å². The standard InChI is InChI=1S/C19H20N4O4S/c1-13-18(14(2)27-23-13)12-28(25,26)17-7-5-16(6-8-17)22-19(24)21-11-15-4-3-9-20-10-15/h3-10H,11-12H2,1-2H3,(H2,21,22,24). The van der Waals surface area contributed by atoms with Gasteiger partial charge in [-0.05, 0) is 49.7 Å². The van der Waals surface area contributed by atoms with Gasteiger partial charge in [0.2, 0.25) is 0 Å². The van der Waals surface area contributed by atoms with Crippen molar-refractivity contribution in [1.82, 2.24) is 15.5 Å². The highest BCUT2D eigenvalue weighted by molar-refractivity contribution is 7.90. The Balaban J connectivity index is 1.62. The number of urea groups is 1. The number of nitrogens with one attached hydrogen (secondary N) is 2. The first-order valence-corrected chi connectivity index (χ1v) is 10.2. The number of benzene rings is 1. The summed E-state index contributed by atoms with van der Waals surface area (Å²) in [6, 6.07) is 9.26. The van der Waals surface area contributed by atoms with Crippen molar-refractivity contribution < 1.29 is 17.7 Å². The Labute approximate surface area is 162 Å². The van der Waals surface area contributed by atoms with Crippen LogP contribution in [-0.2, 0) is 22.1 Å². The van der Waals surface area contributed by atoms with Crippen LogP contribution in [0, 0.1) is 13.8 Å². The zero-order valence-electron chi connectivity index (χ0n) is 15.5. The molecule has 28 heavy (non-hydrogen) atoms. The molecule has 0 aliphatic carbocycles. The van der Waals surface area contributed by atoms with Crippen LogP contribution in [0.1, 0.15) is 22.6 Å². The molecule has 0 atom stereocenters. The molecule has 2 aromatic heterocycles. The fraction of sp³-hybridized carbons (Fsp3) is 0.211. The van der Waals surface area contributed by atoms with Crippen molar-refractivity contribution in [3.63, 3.8) is 0 Å². The minimum Gasteiger partial charge on any atom is -0.361 e. The fourth-order valence-corrected chi connectivity index (χ4v) is 4.10. The average molecular weight is 400 g/mol. The summed E-state index contributed by atoms with van der Waals surface area (Å²) in [5, 5.41) is 9.16. The third kappa shape index (κ3) is 4.74. The number of aromatic nitrogens is 2. The quantitative estimate of drug-likeness (QED) is 0.657. The Morgan fingerprint density at radius 1 is 1.14 bits per heavy atom. The van der Waals surface area contributed by atoms with E-state index in [1.54, 1.807) is 44.4 Å². The molecular formula is C19H20N4O4S. The van der Waals surface area contributed by atoms with Crippen LogP contribution in [0.4, 0.5) is 10.5 Å². The first-order valence-electron chi connectivity index (χ1n) is 8.53. The van der Waals surface area contributed by atoms with E-state index >= 15 is 0 Å². The number of sulfone groups is 1. The molecule has 2 heterocycles. The van der Waals surface area contributed by atoms with Crippen LogP contribution in [0.15, 0.2) is 58.2 Å². The zero-order valence-corrected chi connectivity index (χ0v) is 16.3. The van der Waals surface area contributed by atoms with Crippen molar-refractivity contribution in [2.45, 2.75) is 31.0 Å². The number of carbonyl (C=O) groups is 1. The number of amides is 2. The lowest BCUT2D eigenvalue weighted by molar-refractivity contribution is 0.251. The van der Waals surface area contributed by atoms with E-state index in [-0.39, 0.29) is 10.6 Å². The van der Waals surface area contributed by atoms with E-state index in [0.29, 0.717) is 29.2 Å². The molecule has 0 unspecified atom stereocenters. The van der Waals surface area contributed by atoms with Gasteiger partial charge in [0.15, 0.2) is 9.84 Å². The van der Waals surface area contributed by atoms with Gasteiger partial charge in [-0.2, -0.15) is 0 Å². The maximum Gasteiger partial charge on any atom is 0.319 e. The molecule has 1 aromatic carbocycles. The number of nitrogens with zero attached hydrogens (tertiary/aromatic N) is 2. The monoisotopic (exact) mass is 400 g/mol. The Morgan fingerprint density at radius 2 is 1.89 bits per heavy atom. The van der Waals surface area contributed by atoms with Crippen LogP contribution < -0.4 is 10.6 Å². The van der Waals surface area contributed by atoms with E-state index in [4.69, 9.17) is 4.52 Å².